The van der Waals surface area contributed by atoms with Crippen molar-refractivity contribution in [3.8, 4) is 0 Å². The third-order valence-corrected chi connectivity index (χ3v) is 5.56. The maximum atomic E-state index is 5.43. The molecule has 3 rings (SSSR count). The lowest BCUT2D eigenvalue weighted by Crippen LogP contribution is -2.38. The van der Waals surface area contributed by atoms with Crippen LogP contribution in [-0.4, -0.2) is 25.8 Å². The number of fused-ring (bicyclic) bond motifs is 2. The molecule has 3 fully saturated rings. The maximum absolute atomic E-state index is 5.43. The van der Waals surface area contributed by atoms with Crippen molar-refractivity contribution in [2.24, 2.45) is 17.8 Å². The zero-order valence-electron chi connectivity index (χ0n) is 11.2. The minimum Gasteiger partial charge on any atom is -0.381 e. The van der Waals surface area contributed by atoms with Crippen molar-refractivity contribution in [3.05, 3.63) is 0 Å². The van der Waals surface area contributed by atoms with Crippen LogP contribution in [0.15, 0.2) is 0 Å². The standard InChI is InChI=1S/C15H27NO/c1-17-15-6-4-14(5-7-15)16-10-13-9-11-2-3-12(13)8-11/h11-16H,2-10H2,1H3. The second-order valence-corrected chi connectivity index (χ2v) is 6.55. The van der Waals surface area contributed by atoms with Crippen LogP contribution in [-0.2, 0) is 4.74 Å². The van der Waals surface area contributed by atoms with Gasteiger partial charge in [0, 0.05) is 13.2 Å². The monoisotopic (exact) mass is 237 g/mol. The highest BCUT2D eigenvalue weighted by atomic mass is 16.5. The first kappa shape index (κ1) is 12.0. The Morgan fingerprint density at radius 1 is 1.00 bits per heavy atom. The molecule has 0 spiro atoms. The lowest BCUT2D eigenvalue weighted by molar-refractivity contribution is 0.0617. The number of methoxy groups -OCH3 is 1. The van der Waals surface area contributed by atoms with Crippen molar-refractivity contribution < 1.29 is 4.74 Å². The fourth-order valence-corrected chi connectivity index (χ4v) is 4.45. The van der Waals surface area contributed by atoms with E-state index in [1.54, 1.807) is 6.42 Å². The maximum Gasteiger partial charge on any atom is 0.0572 e. The molecule has 3 unspecified atom stereocenters. The number of hydrogen-bond acceptors (Lipinski definition) is 2. The average Bonchev–Trinajstić information content (AvgIpc) is 2.99. The summed E-state index contributed by atoms with van der Waals surface area (Å²) >= 11 is 0. The van der Waals surface area contributed by atoms with Crippen LogP contribution in [0.25, 0.3) is 0 Å². The topological polar surface area (TPSA) is 21.3 Å². The highest BCUT2D eigenvalue weighted by Crippen LogP contribution is 2.48. The third kappa shape index (κ3) is 2.68. The third-order valence-electron chi connectivity index (χ3n) is 5.56. The molecule has 0 aromatic rings. The largest absolute Gasteiger partial charge is 0.381 e. The van der Waals surface area contributed by atoms with Crippen molar-refractivity contribution in [2.45, 2.75) is 63.5 Å². The van der Waals surface area contributed by atoms with Crippen LogP contribution < -0.4 is 5.32 Å². The van der Waals surface area contributed by atoms with Gasteiger partial charge in [-0.2, -0.15) is 0 Å². The van der Waals surface area contributed by atoms with Gasteiger partial charge in [-0.3, -0.25) is 0 Å². The first-order valence-corrected chi connectivity index (χ1v) is 7.61. The van der Waals surface area contributed by atoms with E-state index in [9.17, 15) is 0 Å². The molecule has 3 aliphatic rings. The van der Waals surface area contributed by atoms with Gasteiger partial charge in [0.2, 0.25) is 0 Å². The van der Waals surface area contributed by atoms with Crippen LogP contribution in [0, 0.1) is 17.8 Å². The zero-order chi connectivity index (χ0) is 11.7. The molecule has 0 aromatic carbocycles. The minimum absolute atomic E-state index is 0.538. The SMILES string of the molecule is COC1CCC(NCC2CC3CCC2C3)CC1. The molecule has 0 aromatic heterocycles. The van der Waals surface area contributed by atoms with Crippen LogP contribution in [0.3, 0.4) is 0 Å². The molecular weight excluding hydrogens is 210 g/mol. The van der Waals surface area contributed by atoms with Crippen LogP contribution in [0.2, 0.25) is 0 Å². The number of hydrogen-bond donors (Lipinski definition) is 1. The molecule has 0 amide bonds. The summed E-state index contributed by atoms with van der Waals surface area (Å²) in [5.74, 6) is 3.17. The minimum atomic E-state index is 0.538. The van der Waals surface area contributed by atoms with E-state index in [4.69, 9.17) is 4.74 Å². The summed E-state index contributed by atoms with van der Waals surface area (Å²) in [7, 11) is 1.85. The summed E-state index contributed by atoms with van der Waals surface area (Å²) in [6, 6.07) is 0.778. The molecule has 0 saturated heterocycles. The average molecular weight is 237 g/mol. The molecule has 98 valence electrons. The Bertz CT molecular complexity index is 247. The fraction of sp³-hybridized carbons (Fsp3) is 1.00. The lowest BCUT2D eigenvalue weighted by atomic mass is 9.87. The highest BCUT2D eigenvalue weighted by molar-refractivity contribution is 4.91. The summed E-state index contributed by atoms with van der Waals surface area (Å²) in [5, 5.41) is 3.84. The normalized spacial score (nSPS) is 45.4. The predicted molar refractivity (Wildman–Crippen MR) is 70.0 cm³/mol. The Morgan fingerprint density at radius 3 is 2.41 bits per heavy atom. The predicted octanol–water partition coefficient (Wildman–Crippen LogP) is 2.97. The van der Waals surface area contributed by atoms with Crippen molar-refractivity contribution in [2.75, 3.05) is 13.7 Å². The van der Waals surface area contributed by atoms with Crippen molar-refractivity contribution in [1.29, 1.82) is 0 Å². The van der Waals surface area contributed by atoms with Gasteiger partial charge in [0.25, 0.3) is 0 Å². The van der Waals surface area contributed by atoms with E-state index < -0.39 is 0 Å². The van der Waals surface area contributed by atoms with Crippen LogP contribution in [0.1, 0.15) is 51.4 Å². The Kier molecular flexibility index (Phi) is 3.72. The molecule has 2 heteroatoms. The molecule has 2 nitrogen and oxygen atoms in total. The van der Waals surface area contributed by atoms with E-state index in [-0.39, 0.29) is 0 Å². The Hall–Kier alpha value is -0.0800. The summed E-state index contributed by atoms with van der Waals surface area (Å²) in [6.45, 7) is 1.30. The molecule has 0 aliphatic heterocycles. The van der Waals surface area contributed by atoms with Gasteiger partial charge in [-0.05, 0) is 69.2 Å². The van der Waals surface area contributed by atoms with Crippen LogP contribution in [0.5, 0.6) is 0 Å². The van der Waals surface area contributed by atoms with E-state index in [0.717, 1.165) is 23.8 Å². The molecule has 3 atom stereocenters. The van der Waals surface area contributed by atoms with Gasteiger partial charge in [-0.25, -0.2) is 0 Å². The molecule has 3 aliphatic carbocycles. The van der Waals surface area contributed by atoms with E-state index in [1.807, 2.05) is 7.11 Å². The number of nitrogens with one attached hydrogen (secondary N) is 1. The van der Waals surface area contributed by atoms with E-state index in [0.29, 0.717) is 6.10 Å². The smallest absolute Gasteiger partial charge is 0.0572 e. The summed E-state index contributed by atoms with van der Waals surface area (Å²) < 4.78 is 5.43. The van der Waals surface area contributed by atoms with E-state index in [2.05, 4.69) is 5.32 Å². The molecule has 3 saturated carbocycles. The molecule has 0 radical (unpaired) electrons. The van der Waals surface area contributed by atoms with Crippen molar-refractivity contribution in [1.82, 2.24) is 5.32 Å². The zero-order valence-corrected chi connectivity index (χ0v) is 11.2. The number of rotatable bonds is 4. The van der Waals surface area contributed by atoms with Gasteiger partial charge in [0.15, 0.2) is 0 Å². The Morgan fingerprint density at radius 2 is 1.82 bits per heavy atom. The van der Waals surface area contributed by atoms with Crippen molar-refractivity contribution >= 4 is 0 Å². The second kappa shape index (κ2) is 5.27. The van der Waals surface area contributed by atoms with Crippen LogP contribution >= 0.6 is 0 Å². The molecule has 17 heavy (non-hydrogen) atoms. The van der Waals surface area contributed by atoms with Gasteiger partial charge >= 0.3 is 0 Å². The van der Waals surface area contributed by atoms with Gasteiger partial charge in [0.05, 0.1) is 6.10 Å². The molecule has 2 bridgehead atoms. The second-order valence-electron chi connectivity index (χ2n) is 6.55. The van der Waals surface area contributed by atoms with Gasteiger partial charge < -0.3 is 10.1 Å². The molecular formula is C15H27NO. The summed E-state index contributed by atoms with van der Waals surface area (Å²) in [6.07, 6.45) is 11.8. The van der Waals surface area contributed by atoms with Crippen molar-refractivity contribution in [3.63, 3.8) is 0 Å². The lowest BCUT2D eigenvalue weighted by Gasteiger charge is -2.30. The molecule has 1 N–H and O–H groups in total. The Balaban J connectivity index is 1.38. The van der Waals surface area contributed by atoms with Crippen LogP contribution in [0.4, 0.5) is 0 Å². The van der Waals surface area contributed by atoms with Gasteiger partial charge in [-0.1, -0.05) is 6.42 Å². The quantitative estimate of drug-likeness (QED) is 0.811. The first-order valence-electron chi connectivity index (χ1n) is 7.61. The number of ether oxygens (including phenoxy) is 1. The van der Waals surface area contributed by atoms with Gasteiger partial charge in [0.1, 0.15) is 0 Å². The highest BCUT2D eigenvalue weighted by Gasteiger charge is 2.39. The van der Waals surface area contributed by atoms with Gasteiger partial charge in [-0.15, -0.1) is 0 Å². The molecule has 0 heterocycles. The summed E-state index contributed by atoms with van der Waals surface area (Å²) in [5.41, 5.74) is 0. The van der Waals surface area contributed by atoms with E-state index >= 15 is 0 Å². The van der Waals surface area contributed by atoms with E-state index in [1.165, 1.54) is 51.5 Å². The fourth-order valence-electron chi connectivity index (χ4n) is 4.45. The Labute approximate surface area is 105 Å². The first-order chi connectivity index (χ1) is 8.35. The summed E-state index contributed by atoms with van der Waals surface area (Å²) in [4.78, 5) is 0.